The molecule has 0 radical (unpaired) electrons. The van der Waals surface area contributed by atoms with Gasteiger partial charge in [0.25, 0.3) is 0 Å². The summed E-state index contributed by atoms with van der Waals surface area (Å²) in [7, 11) is 0. The van der Waals surface area contributed by atoms with Gasteiger partial charge in [-0.1, -0.05) is 0 Å². The van der Waals surface area contributed by atoms with Crippen LogP contribution in [0.15, 0.2) is 23.3 Å². The molecule has 0 N–H and O–H groups in total. The lowest BCUT2D eigenvalue weighted by Gasteiger charge is -2.33. The Kier molecular flexibility index (Phi) is 4.34. The summed E-state index contributed by atoms with van der Waals surface area (Å²) in [5, 5.41) is 6.40. The van der Waals surface area contributed by atoms with E-state index in [2.05, 4.69) is 16.3 Å². The summed E-state index contributed by atoms with van der Waals surface area (Å²) in [5.41, 5.74) is 4.00. The molecule has 0 bridgehead atoms. The Balaban J connectivity index is 1.56. The predicted octanol–water partition coefficient (Wildman–Crippen LogP) is 2.44. The van der Waals surface area contributed by atoms with Gasteiger partial charge in [-0.05, 0) is 31.7 Å². The Bertz CT molecular complexity index is 593. The number of rotatable bonds is 4. The summed E-state index contributed by atoms with van der Waals surface area (Å²) in [6, 6.07) is 0.315. The quantitative estimate of drug-likeness (QED) is 0.872. The highest BCUT2D eigenvalue weighted by Crippen LogP contribution is 2.22. The van der Waals surface area contributed by atoms with Gasteiger partial charge < -0.3 is 4.90 Å². The van der Waals surface area contributed by atoms with Gasteiger partial charge in [-0.3, -0.25) is 9.48 Å². The molecule has 0 aromatic carbocycles. The molecule has 0 aliphatic carbocycles. The van der Waals surface area contributed by atoms with E-state index in [0.717, 1.165) is 38.0 Å². The van der Waals surface area contributed by atoms with Crippen molar-refractivity contribution in [2.24, 2.45) is 0 Å². The molecule has 21 heavy (non-hydrogen) atoms. The number of aryl methyl sites for hydroxylation is 2. The Morgan fingerprint density at radius 1 is 1.52 bits per heavy atom. The van der Waals surface area contributed by atoms with Crippen LogP contribution in [0.3, 0.4) is 0 Å². The molecule has 112 valence electrons. The van der Waals surface area contributed by atoms with Crippen molar-refractivity contribution >= 4 is 17.2 Å². The van der Waals surface area contributed by atoms with E-state index in [9.17, 15) is 4.79 Å². The normalized spacial score (nSPS) is 18.9. The van der Waals surface area contributed by atoms with Crippen molar-refractivity contribution in [2.75, 3.05) is 13.1 Å². The van der Waals surface area contributed by atoms with Crippen LogP contribution in [-0.2, 0) is 11.2 Å². The second-order valence-corrected chi connectivity index (χ2v) is 6.33. The standard InChI is InChI=1S/C15H20N4OS/c1-12-7-17-19(8-12)14-3-2-6-18(9-14)15(20)5-4-13-10-21-11-16-13/h7-8,10-11,14H,2-6,9H2,1H3/t14-/m1/s1. The fourth-order valence-corrected chi connectivity index (χ4v) is 3.38. The maximum atomic E-state index is 12.3. The van der Waals surface area contributed by atoms with E-state index in [1.54, 1.807) is 11.3 Å². The predicted molar refractivity (Wildman–Crippen MR) is 82.3 cm³/mol. The highest BCUT2D eigenvalue weighted by Gasteiger charge is 2.24. The van der Waals surface area contributed by atoms with Crippen molar-refractivity contribution < 1.29 is 4.79 Å². The van der Waals surface area contributed by atoms with Crippen LogP contribution >= 0.6 is 11.3 Å². The van der Waals surface area contributed by atoms with Crippen LogP contribution in [0.2, 0.25) is 0 Å². The van der Waals surface area contributed by atoms with E-state index in [1.807, 2.05) is 33.6 Å². The molecule has 2 aromatic rings. The van der Waals surface area contributed by atoms with E-state index in [-0.39, 0.29) is 5.91 Å². The average molecular weight is 304 g/mol. The molecule has 1 aliphatic rings. The third kappa shape index (κ3) is 3.50. The highest BCUT2D eigenvalue weighted by molar-refractivity contribution is 7.07. The smallest absolute Gasteiger partial charge is 0.223 e. The molecule has 0 spiro atoms. The minimum absolute atomic E-state index is 0.233. The number of piperidine rings is 1. The summed E-state index contributed by atoms with van der Waals surface area (Å²) >= 11 is 1.58. The Morgan fingerprint density at radius 2 is 2.43 bits per heavy atom. The first kappa shape index (κ1) is 14.3. The van der Waals surface area contributed by atoms with Crippen molar-refractivity contribution in [3.63, 3.8) is 0 Å². The number of hydrogen-bond donors (Lipinski definition) is 0. The van der Waals surface area contributed by atoms with Gasteiger partial charge in [0.05, 0.1) is 23.4 Å². The summed E-state index contributed by atoms with van der Waals surface area (Å²) in [6.07, 6.45) is 7.37. The number of aromatic nitrogens is 3. The van der Waals surface area contributed by atoms with Gasteiger partial charge in [-0.25, -0.2) is 4.98 Å². The van der Waals surface area contributed by atoms with Crippen LogP contribution in [0.1, 0.15) is 36.6 Å². The number of thiazole rings is 1. The fraction of sp³-hybridized carbons (Fsp3) is 0.533. The zero-order chi connectivity index (χ0) is 14.7. The molecule has 1 atom stereocenters. The molecule has 0 saturated carbocycles. The van der Waals surface area contributed by atoms with Gasteiger partial charge in [-0.15, -0.1) is 11.3 Å². The third-order valence-corrected chi connectivity index (χ3v) is 4.57. The monoisotopic (exact) mass is 304 g/mol. The number of carbonyl (C=O) groups is 1. The van der Waals surface area contributed by atoms with Crippen LogP contribution < -0.4 is 0 Å². The Hall–Kier alpha value is -1.69. The minimum atomic E-state index is 0.233. The lowest BCUT2D eigenvalue weighted by atomic mass is 10.1. The van der Waals surface area contributed by atoms with Crippen molar-refractivity contribution in [3.05, 3.63) is 34.5 Å². The second-order valence-electron chi connectivity index (χ2n) is 5.61. The van der Waals surface area contributed by atoms with Crippen molar-refractivity contribution in [1.29, 1.82) is 0 Å². The van der Waals surface area contributed by atoms with Crippen LogP contribution in [0.25, 0.3) is 0 Å². The number of hydrogen-bond acceptors (Lipinski definition) is 4. The Labute approximate surface area is 128 Å². The number of carbonyl (C=O) groups excluding carboxylic acids is 1. The molecule has 6 heteroatoms. The van der Waals surface area contributed by atoms with Crippen molar-refractivity contribution in [1.82, 2.24) is 19.7 Å². The zero-order valence-corrected chi connectivity index (χ0v) is 13.1. The van der Waals surface area contributed by atoms with Gasteiger partial charge in [0.2, 0.25) is 5.91 Å². The molecule has 1 aliphatic heterocycles. The average Bonchev–Trinajstić information content (AvgIpc) is 3.16. The first-order valence-electron chi connectivity index (χ1n) is 7.38. The SMILES string of the molecule is Cc1cnn([C@@H]2CCCN(C(=O)CCc3cscn3)C2)c1. The maximum absolute atomic E-state index is 12.3. The largest absolute Gasteiger partial charge is 0.341 e. The number of nitrogens with zero attached hydrogens (tertiary/aromatic N) is 4. The molecule has 0 unspecified atom stereocenters. The number of amides is 1. The van der Waals surface area contributed by atoms with Crippen molar-refractivity contribution in [3.8, 4) is 0 Å². The first-order valence-corrected chi connectivity index (χ1v) is 8.32. The van der Waals surface area contributed by atoms with Crippen LogP contribution in [0, 0.1) is 6.92 Å². The molecule has 5 nitrogen and oxygen atoms in total. The van der Waals surface area contributed by atoms with Crippen LogP contribution in [-0.4, -0.2) is 38.7 Å². The fourth-order valence-electron chi connectivity index (χ4n) is 2.78. The maximum Gasteiger partial charge on any atom is 0.223 e. The van der Waals surface area contributed by atoms with Gasteiger partial charge in [-0.2, -0.15) is 5.10 Å². The molecular weight excluding hydrogens is 284 g/mol. The third-order valence-electron chi connectivity index (χ3n) is 3.93. The first-order chi connectivity index (χ1) is 10.2. The highest BCUT2D eigenvalue weighted by atomic mass is 32.1. The Morgan fingerprint density at radius 3 is 3.14 bits per heavy atom. The molecular formula is C15H20N4OS. The second kappa shape index (κ2) is 6.39. The molecule has 2 aromatic heterocycles. The van der Waals surface area contributed by atoms with Gasteiger partial charge in [0, 0.05) is 31.1 Å². The van der Waals surface area contributed by atoms with Crippen LogP contribution in [0.4, 0.5) is 0 Å². The molecule has 1 saturated heterocycles. The van der Waals surface area contributed by atoms with E-state index in [4.69, 9.17) is 0 Å². The van der Waals surface area contributed by atoms with Gasteiger partial charge in [0.15, 0.2) is 0 Å². The molecule has 3 heterocycles. The molecule has 1 amide bonds. The lowest BCUT2D eigenvalue weighted by Crippen LogP contribution is -2.40. The van der Waals surface area contributed by atoms with Crippen LogP contribution in [0.5, 0.6) is 0 Å². The summed E-state index contributed by atoms with van der Waals surface area (Å²) in [4.78, 5) is 18.6. The minimum Gasteiger partial charge on any atom is -0.341 e. The van der Waals surface area contributed by atoms with E-state index < -0.39 is 0 Å². The summed E-state index contributed by atoms with van der Waals surface area (Å²) in [6.45, 7) is 3.69. The summed E-state index contributed by atoms with van der Waals surface area (Å²) in [5.74, 6) is 0.233. The zero-order valence-electron chi connectivity index (χ0n) is 12.2. The van der Waals surface area contributed by atoms with Gasteiger partial charge in [0.1, 0.15) is 0 Å². The number of likely N-dealkylation sites (tertiary alicyclic amines) is 1. The topological polar surface area (TPSA) is 51.0 Å². The lowest BCUT2D eigenvalue weighted by molar-refractivity contribution is -0.132. The summed E-state index contributed by atoms with van der Waals surface area (Å²) < 4.78 is 2.01. The van der Waals surface area contributed by atoms with Crippen molar-refractivity contribution in [2.45, 2.75) is 38.6 Å². The van der Waals surface area contributed by atoms with Gasteiger partial charge >= 0.3 is 0 Å². The van der Waals surface area contributed by atoms with E-state index in [0.29, 0.717) is 12.5 Å². The van der Waals surface area contributed by atoms with E-state index in [1.165, 1.54) is 5.56 Å². The molecule has 3 rings (SSSR count). The molecule has 1 fully saturated rings. The van der Waals surface area contributed by atoms with E-state index >= 15 is 0 Å².